The van der Waals surface area contributed by atoms with E-state index in [0.717, 1.165) is 17.0 Å². The third kappa shape index (κ3) is 1.55. The number of benzene rings is 2. The second-order valence-corrected chi connectivity index (χ2v) is 4.72. The molecule has 2 heterocycles. The molecule has 0 unspecified atom stereocenters. The van der Waals surface area contributed by atoms with Crippen LogP contribution < -0.4 is 0 Å². The van der Waals surface area contributed by atoms with Crippen LogP contribution in [0.5, 0.6) is 0 Å². The quantitative estimate of drug-likeness (QED) is 0.508. The highest BCUT2D eigenvalue weighted by Crippen LogP contribution is 2.24. The molecule has 19 heavy (non-hydrogen) atoms. The summed E-state index contributed by atoms with van der Waals surface area (Å²) in [4.78, 5) is 4.51. The second-order valence-electron chi connectivity index (χ2n) is 4.72. The Hall–Kier alpha value is -2.55. The topological polar surface area (TPSA) is 30.4 Å². The van der Waals surface area contributed by atoms with Gasteiger partial charge in [-0.2, -0.15) is 4.98 Å². The van der Waals surface area contributed by atoms with Crippen molar-refractivity contribution in [2.45, 2.75) is 6.92 Å². The van der Waals surface area contributed by atoms with E-state index in [2.05, 4.69) is 47.4 Å². The normalized spacial score (nSPS) is 11.4. The number of aromatic nitrogens is 2. The number of hydrogen-bond acceptors (Lipinski definition) is 2. The fourth-order valence-corrected chi connectivity index (χ4v) is 2.38. The Morgan fingerprint density at radius 1 is 1.05 bits per heavy atom. The summed E-state index contributed by atoms with van der Waals surface area (Å²) in [7, 11) is 0. The van der Waals surface area contributed by atoms with Gasteiger partial charge in [0.25, 0.3) is 0 Å². The van der Waals surface area contributed by atoms with Crippen molar-refractivity contribution in [2.75, 3.05) is 0 Å². The van der Waals surface area contributed by atoms with Gasteiger partial charge in [-0.25, -0.2) is 0 Å². The molecule has 0 amide bonds. The molecule has 0 saturated carbocycles. The molecule has 2 aromatic heterocycles. The number of rotatable bonds is 1. The number of imidazole rings is 1. The van der Waals surface area contributed by atoms with Crippen molar-refractivity contribution in [3.05, 3.63) is 60.6 Å². The Labute approximate surface area is 110 Å². The van der Waals surface area contributed by atoms with Crippen LogP contribution in [0.4, 0.5) is 0 Å². The molecule has 2 aromatic carbocycles. The molecule has 0 aliphatic carbocycles. The van der Waals surface area contributed by atoms with Gasteiger partial charge in [0.15, 0.2) is 0 Å². The van der Waals surface area contributed by atoms with E-state index in [0.29, 0.717) is 5.84 Å². The fourth-order valence-electron chi connectivity index (χ4n) is 2.38. The molecule has 3 nitrogen and oxygen atoms in total. The maximum Gasteiger partial charge on any atom is 0.306 e. The van der Waals surface area contributed by atoms with Gasteiger partial charge in [0.05, 0.1) is 11.4 Å². The SMILES string of the molecule is Cc1coc2nc(-c3ccc4ccccc4c3)cn12. The number of aryl methyl sites for hydroxylation is 1. The molecule has 0 spiro atoms. The van der Waals surface area contributed by atoms with Crippen LogP contribution in [-0.2, 0) is 0 Å². The van der Waals surface area contributed by atoms with E-state index in [-0.39, 0.29) is 0 Å². The molecule has 0 bridgehead atoms. The summed E-state index contributed by atoms with van der Waals surface area (Å²) < 4.78 is 7.35. The van der Waals surface area contributed by atoms with Crippen LogP contribution in [0.2, 0.25) is 0 Å². The van der Waals surface area contributed by atoms with Crippen LogP contribution in [-0.4, -0.2) is 9.38 Å². The van der Waals surface area contributed by atoms with Gasteiger partial charge >= 0.3 is 5.84 Å². The minimum Gasteiger partial charge on any atom is -0.431 e. The van der Waals surface area contributed by atoms with Gasteiger partial charge in [0, 0.05) is 11.8 Å². The largest absolute Gasteiger partial charge is 0.431 e. The maximum absolute atomic E-state index is 5.39. The first-order chi connectivity index (χ1) is 9.31. The van der Waals surface area contributed by atoms with Crippen LogP contribution in [0.3, 0.4) is 0 Å². The minimum absolute atomic E-state index is 0.639. The summed E-state index contributed by atoms with van der Waals surface area (Å²) in [5, 5.41) is 2.46. The van der Waals surface area contributed by atoms with Crippen molar-refractivity contribution in [3.8, 4) is 11.3 Å². The van der Waals surface area contributed by atoms with Crippen molar-refractivity contribution in [1.29, 1.82) is 0 Å². The van der Waals surface area contributed by atoms with E-state index in [4.69, 9.17) is 4.42 Å². The number of oxazole rings is 1. The average Bonchev–Trinajstić information content (AvgIpc) is 3.01. The first-order valence-electron chi connectivity index (χ1n) is 6.24. The molecule has 0 N–H and O–H groups in total. The standard InChI is InChI=1S/C16H12N2O/c1-11-10-19-16-17-15(9-18(11)16)14-7-6-12-4-2-3-5-13(12)8-14/h2-10H,1H3. The Kier molecular flexibility index (Phi) is 2.03. The summed E-state index contributed by atoms with van der Waals surface area (Å²) in [6.45, 7) is 2.00. The predicted octanol–water partition coefficient (Wildman–Crippen LogP) is 4.06. The number of fused-ring (bicyclic) bond motifs is 2. The molecular weight excluding hydrogens is 236 g/mol. The van der Waals surface area contributed by atoms with Crippen molar-refractivity contribution < 1.29 is 4.42 Å². The zero-order valence-electron chi connectivity index (χ0n) is 10.5. The number of hydrogen-bond donors (Lipinski definition) is 0. The van der Waals surface area contributed by atoms with Crippen LogP contribution in [0.25, 0.3) is 27.9 Å². The van der Waals surface area contributed by atoms with Crippen LogP contribution in [0.1, 0.15) is 5.69 Å². The molecule has 0 aliphatic rings. The molecular formula is C16H12N2O. The lowest BCUT2D eigenvalue weighted by atomic mass is 10.1. The van der Waals surface area contributed by atoms with Gasteiger partial charge in [-0.15, -0.1) is 0 Å². The molecule has 0 saturated heterocycles. The molecule has 4 rings (SSSR count). The first-order valence-corrected chi connectivity index (χ1v) is 6.24. The lowest BCUT2D eigenvalue weighted by molar-refractivity contribution is 0.595. The maximum atomic E-state index is 5.39. The zero-order valence-corrected chi connectivity index (χ0v) is 10.5. The molecule has 0 fully saturated rings. The Bertz CT molecular complexity index is 886. The molecule has 3 heteroatoms. The summed E-state index contributed by atoms with van der Waals surface area (Å²) in [5.41, 5.74) is 3.10. The fraction of sp³-hybridized carbons (Fsp3) is 0.0625. The monoisotopic (exact) mass is 248 g/mol. The van der Waals surface area contributed by atoms with Crippen molar-refractivity contribution in [2.24, 2.45) is 0 Å². The summed E-state index contributed by atoms with van der Waals surface area (Å²) >= 11 is 0. The van der Waals surface area contributed by atoms with Gasteiger partial charge in [0.1, 0.15) is 6.26 Å². The zero-order chi connectivity index (χ0) is 12.8. The molecule has 0 radical (unpaired) electrons. The average molecular weight is 248 g/mol. The highest BCUT2D eigenvalue weighted by atomic mass is 16.3. The van der Waals surface area contributed by atoms with Crippen molar-refractivity contribution in [1.82, 2.24) is 9.38 Å². The smallest absolute Gasteiger partial charge is 0.306 e. The van der Waals surface area contributed by atoms with E-state index in [1.807, 2.05) is 17.5 Å². The van der Waals surface area contributed by atoms with E-state index in [9.17, 15) is 0 Å². The van der Waals surface area contributed by atoms with Crippen LogP contribution in [0, 0.1) is 6.92 Å². The molecule has 4 aromatic rings. The highest BCUT2D eigenvalue weighted by molar-refractivity contribution is 5.86. The van der Waals surface area contributed by atoms with Gasteiger partial charge in [0.2, 0.25) is 0 Å². The van der Waals surface area contributed by atoms with Crippen molar-refractivity contribution >= 4 is 16.6 Å². The summed E-state index contributed by atoms with van der Waals surface area (Å²) in [5.74, 6) is 0.639. The number of nitrogens with zero attached hydrogens (tertiary/aromatic N) is 2. The molecule has 0 atom stereocenters. The Morgan fingerprint density at radius 2 is 1.89 bits per heavy atom. The van der Waals surface area contributed by atoms with E-state index in [1.54, 1.807) is 6.26 Å². The second kappa shape index (κ2) is 3.72. The molecule has 92 valence electrons. The minimum atomic E-state index is 0.639. The third-order valence-corrected chi connectivity index (χ3v) is 3.43. The summed E-state index contributed by atoms with van der Waals surface area (Å²) in [6, 6.07) is 14.7. The van der Waals surface area contributed by atoms with Crippen LogP contribution >= 0.6 is 0 Å². The van der Waals surface area contributed by atoms with E-state index in [1.165, 1.54) is 10.8 Å². The van der Waals surface area contributed by atoms with Gasteiger partial charge in [-0.3, -0.25) is 4.40 Å². The van der Waals surface area contributed by atoms with Gasteiger partial charge in [-0.05, 0) is 23.8 Å². The first kappa shape index (κ1) is 10.4. The lowest BCUT2D eigenvalue weighted by Crippen LogP contribution is -1.80. The van der Waals surface area contributed by atoms with Crippen LogP contribution in [0.15, 0.2) is 59.3 Å². The summed E-state index contributed by atoms with van der Waals surface area (Å²) in [6.07, 6.45) is 3.73. The Morgan fingerprint density at radius 3 is 2.74 bits per heavy atom. The van der Waals surface area contributed by atoms with Gasteiger partial charge < -0.3 is 4.42 Å². The van der Waals surface area contributed by atoms with E-state index < -0.39 is 0 Å². The van der Waals surface area contributed by atoms with Crippen molar-refractivity contribution in [3.63, 3.8) is 0 Å². The highest BCUT2D eigenvalue weighted by Gasteiger charge is 2.08. The Balaban J connectivity index is 1.92. The lowest BCUT2D eigenvalue weighted by Gasteiger charge is -2.00. The van der Waals surface area contributed by atoms with E-state index >= 15 is 0 Å². The third-order valence-electron chi connectivity index (χ3n) is 3.43. The molecule has 0 aliphatic heterocycles. The van der Waals surface area contributed by atoms with Gasteiger partial charge in [-0.1, -0.05) is 36.4 Å². The predicted molar refractivity (Wildman–Crippen MR) is 75.1 cm³/mol.